The third-order valence-corrected chi connectivity index (χ3v) is 2.76. The maximum Gasteiger partial charge on any atom is 0.196 e. The summed E-state index contributed by atoms with van der Waals surface area (Å²) in [5.41, 5.74) is 0.919. The average molecular weight is 283 g/mol. The molecule has 5 heteroatoms. The molecule has 0 aliphatic rings. The molecular weight excluding hydrogens is 275 g/mol. The predicted molar refractivity (Wildman–Crippen MR) is 60.7 cm³/mol. The molecule has 1 aromatic carbocycles. The number of ketones is 1. The van der Waals surface area contributed by atoms with E-state index in [4.69, 9.17) is 0 Å². The van der Waals surface area contributed by atoms with Gasteiger partial charge in [-0.2, -0.15) is 5.10 Å². The van der Waals surface area contributed by atoms with Gasteiger partial charge in [0.15, 0.2) is 5.78 Å². The van der Waals surface area contributed by atoms with Gasteiger partial charge in [-0.3, -0.25) is 9.48 Å². The van der Waals surface area contributed by atoms with Crippen molar-refractivity contribution in [3.05, 3.63) is 52.0 Å². The van der Waals surface area contributed by atoms with Crippen molar-refractivity contribution in [2.75, 3.05) is 0 Å². The van der Waals surface area contributed by atoms with E-state index in [1.165, 1.54) is 24.4 Å². The van der Waals surface area contributed by atoms with Crippen molar-refractivity contribution in [3.8, 4) is 0 Å². The number of aromatic nitrogens is 2. The molecule has 0 atom stereocenters. The Balaban J connectivity index is 2.38. The van der Waals surface area contributed by atoms with Crippen molar-refractivity contribution < 1.29 is 9.18 Å². The van der Waals surface area contributed by atoms with Crippen molar-refractivity contribution in [2.24, 2.45) is 7.05 Å². The molecule has 82 valence electrons. The SMILES string of the molecule is Cn1cc(C(=O)c2ccc(F)c(Br)c2)cn1. The second-order valence-electron chi connectivity index (χ2n) is 3.36. The largest absolute Gasteiger partial charge is 0.288 e. The van der Waals surface area contributed by atoms with Crippen LogP contribution in [0.4, 0.5) is 4.39 Å². The third kappa shape index (κ3) is 2.04. The quantitative estimate of drug-likeness (QED) is 0.794. The smallest absolute Gasteiger partial charge is 0.196 e. The molecule has 0 saturated carbocycles. The van der Waals surface area contributed by atoms with E-state index in [1.807, 2.05) is 0 Å². The van der Waals surface area contributed by atoms with Gasteiger partial charge in [0.2, 0.25) is 0 Å². The van der Waals surface area contributed by atoms with Gasteiger partial charge in [-0.25, -0.2) is 4.39 Å². The Labute approximate surface area is 100 Å². The first-order chi connectivity index (χ1) is 7.58. The van der Waals surface area contributed by atoms with E-state index < -0.39 is 0 Å². The van der Waals surface area contributed by atoms with Crippen LogP contribution in [0.2, 0.25) is 0 Å². The zero-order valence-electron chi connectivity index (χ0n) is 8.45. The number of carbonyl (C=O) groups excluding carboxylic acids is 1. The Hall–Kier alpha value is -1.49. The molecule has 3 nitrogen and oxygen atoms in total. The molecule has 0 aliphatic heterocycles. The summed E-state index contributed by atoms with van der Waals surface area (Å²) in [4.78, 5) is 11.9. The lowest BCUT2D eigenvalue weighted by molar-refractivity contribution is 0.103. The first-order valence-electron chi connectivity index (χ1n) is 4.56. The van der Waals surface area contributed by atoms with E-state index in [-0.39, 0.29) is 16.1 Å². The summed E-state index contributed by atoms with van der Waals surface area (Å²) in [6, 6.07) is 4.17. The lowest BCUT2D eigenvalue weighted by Crippen LogP contribution is -2.00. The van der Waals surface area contributed by atoms with Crippen LogP contribution in [0.3, 0.4) is 0 Å². The monoisotopic (exact) mass is 282 g/mol. The van der Waals surface area contributed by atoms with E-state index in [9.17, 15) is 9.18 Å². The second-order valence-corrected chi connectivity index (χ2v) is 4.22. The number of rotatable bonds is 2. The summed E-state index contributed by atoms with van der Waals surface area (Å²) in [7, 11) is 1.73. The van der Waals surface area contributed by atoms with Crippen LogP contribution in [0.5, 0.6) is 0 Å². The number of nitrogens with zero attached hydrogens (tertiary/aromatic N) is 2. The van der Waals surface area contributed by atoms with Crippen molar-refractivity contribution in [1.29, 1.82) is 0 Å². The zero-order valence-corrected chi connectivity index (χ0v) is 10.0. The normalized spacial score (nSPS) is 10.4. The van der Waals surface area contributed by atoms with Crippen LogP contribution in [0.15, 0.2) is 35.1 Å². The number of carbonyl (C=O) groups is 1. The first-order valence-corrected chi connectivity index (χ1v) is 5.35. The first kappa shape index (κ1) is 11.0. The molecule has 0 amide bonds. The molecular formula is C11H8BrFN2O. The van der Waals surface area contributed by atoms with Crippen LogP contribution < -0.4 is 0 Å². The highest BCUT2D eigenvalue weighted by atomic mass is 79.9. The highest BCUT2D eigenvalue weighted by molar-refractivity contribution is 9.10. The van der Waals surface area contributed by atoms with E-state index in [2.05, 4.69) is 21.0 Å². The maximum absolute atomic E-state index is 13.0. The second kappa shape index (κ2) is 4.17. The highest BCUT2D eigenvalue weighted by Crippen LogP contribution is 2.18. The molecule has 1 heterocycles. The van der Waals surface area contributed by atoms with Crippen LogP contribution in [0.25, 0.3) is 0 Å². The van der Waals surface area contributed by atoms with Crippen LogP contribution in [0.1, 0.15) is 15.9 Å². The molecule has 0 bridgehead atoms. The number of benzene rings is 1. The van der Waals surface area contributed by atoms with E-state index >= 15 is 0 Å². The van der Waals surface area contributed by atoms with Crippen molar-refractivity contribution >= 4 is 21.7 Å². The Morgan fingerprint density at radius 1 is 1.44 bits per heavy atom. The van der Waals surface area contributed by atoms with E-state index in [0.29, 0.717) is 11.1 Å². The molecule has 0 saturated heterocycles. The minimum Gasteiger partial charge on any atom is -0.288 e. The van der Waals surface area contributed by atoms with Gasteiger partial charge in [0.1, 0.15) is 5.82 Å². The fourth-order valence-electron chi connectivity index (χ4n) is 1.34. The van der Waals surface area contributed by atoms with Gasteiger partial charge < -0.3 is 0 Å². The Kier molecular flexibility index (Phi) is 2.87. The van der Waals surface area contributed by atoms with E-state index in [0.717, 1.165) is 0 Å². The van der Waals surface area contributed by atoms with Gasteiger partial charge in [0.05, 0.1) is 16.2 Å². The van der Waals surface area contributed by atoms with Gasteiger partial charge >= 0.3 is 0 Å². The molecule has 0 unspecified atom stereocenters. The van der Waals surface area contributed by atoms with Gasteiger partial charge in [0, 0.05) is 18.8 Å². The Bertz CT molecular complexity index is 551. The molecule has 2 rings (SSSR count). The zero-order chi connectivity index (χ0) is 11.7. The summed E-state index contributed by atoms with van der Waals surface area (Å²) in [6.07, 6.45) is 3.11. The summed E-state index contributed by atoms with van der Waals surface area (Å²) in [5, 5.41) is 3.91. The highest BCUT2D eigenvalue weighted by Gasteiger charge is 2.12. The van der Waals surface area contributed by atoms with Crippen molar-refractivity contribution in [1.82, 2.24) is 9.78 Å². The molecule has 16 heavy (non-hydrogen) atoms. The fourth-order valence-corrected chi connectivity index (χ4v) is 1.72. The predicted octanol–water partition coefficient (Wildman–Crippen LogP) is 2.55. The average Bonchev–Trinajstić information content (AvgIpc) is 2.68. The number of aryl methyl sites for hydroxylation is 1. The molecule has 0 spiro atoms. The van der Waals surface area contributed by atoms with Crippen molar-refractivity contribution in [3.63, 3.8) is 0 Å². The molecule has 0 fully saturated rings. The number of halogens is 2. The topological polar surface area (TPSA) is 34.9 Å². The minimum absolute atomic E-state index is 0.172. The van der Waals surface area contributed by atoms with Gasteiger partial charge in [-0.1, -0.05) is 0 Å². The molecule has 0 radical (unpaired) electrons. The summed E-state index contributed by atoms with van der Waals surface area (Å²) in [5.74, 6) is -0.559. The number of hydrogen-bond acceptors (Lipinski definition) is 2. The van der Waals surface area contributed by atoms with Gasteiger partial charge in [-0.15, -0.1) is 0 Å². The molecule has 0 N–H and O–H groups in total. The molecule has 1 aromatic heterocycles. The van der Waals surface area contributed by atoms with Gasteiger partial charge in [0.25, 0.3) is 0 Å². The molecule has 2 aromatic rings. The number of hydrogen-bond donors (Lipinski definition) is 0. The summed E-state index contributed by atoms with van der Waals surface area (Å²) < 4.78 is 14.8. The molecule has 0 aliphatic carbocycles. The lowest BCUT2D eigenvalue weighted by atomic mass is 10.1. The Morgan fingerprint density at radius 3 is 2.75 bits per heavy atom. The summed E-state index contributed by atoms with van der Waals surface area (Å²) in [6.45, 7) is 0. The Morgan fingerprint density at radius 2 is 2.19 bits per heavy atom. The standard InChI is InChI=1S/C11H8BrFN2O/c1-15-6-8(5-14-15)11(16)7-2-3-10(13)9(12)4-7/h2-6H,1H3. The lowest BCUT2D eigenvalue weighted by Gasteiger charge is -1.99. The van der Waals surface area contributed by atoms with E-state index in [1.54, 1.807) is 17.9 Å². The van der Waals surface area contributed by atoms with Crippen LogP contribution >= 0.6 is 15.9 Å². The van der Waals surface area contributed by atoms with Crippen LogP contribution in [-0.4, -0.2) is 15.6 Å². The maximum atomic E-state index is 13.0. The minimum atomic E-state index is -0.386. The van der Waals surface area contributed by atoms with Crippen LogP contribution in [0, 0.1) is 5.82 Å². The van der Waals surface area contributed by atoms with Gasteiger partial charge in [-0.05, 0) is 34.1 Å². The van der Waals surface area contributed by atoms with Crippen LogP contribution in [-0.2, 0) is 7.05 Å². The fraction of sp³-hybridized carbons (Fsp3) is 0.0909. The van der Waals surface area contributed by atoms with Crippen molar-refractivity contribution in [2.45, 2.75) is 0 Å². The third-order valence-electron chi connectivity index (χ3n) is 2.15. The summed E-state index contributed by atoms with van der Waals surface area (Å²) >= 11 is 3.04.